The number of aromatic nitrogens is 2. The molecule has 23 nitrogen and oxygen atoms in total. The van der Waals surface area contributed by atoms with Crippen LogP contribution in [0.4, 0.5) is 0 Å². The molecule has 4 fully saturated rings. The molecule has 10 aromatic rings. The third-order valence-electron chi connectivity index (χ3n) is 21.5. The Morgan fingerprint density at radius 1 is 0.545 bits per heavy atom. The first-order valence-corrected chi connectivity index (χ1v) is 37.0. The molecule has 23 heteroatoms. The molecule has 0 spiro atoms. The van der Waals surface area contributed by atoms with Gasteiger partial charge < -0.3 is 38.8 Å². The van der Waals surface area contributed by atoms with Crippen LogP contribution < -0.4 is 36.0 Å². The van der Waals surface area contributed by atoms with Crippen LogP contribution in [0.15, 0.2) is 206 Å². The summed E-state index contributed by atoms with van der Waals surface area (Å²) in [4.78, 5) is 102. The lowest BCUT2D eigenvalue weighted by molar-refractivity contribution is -0.152. The maximum Gasteiger partial charge on any atom is 0.328 e. The Hall–Kier alpha value is -11.6. The first-order valence-electron chi connectivity index (χ1n) is 37.0. The van der Waals surface area contributed by atoms with Crippen LogP contribution in [0.2, 0.25) is 0 Å². The number of para-hydroxylation sites is 2. The summed E-state index contributed by atoms with van der Waals surface area (Å²) in [5.41, 5.74) is 11.7. The number of pyridine rings is 2. The molecule has 14 rings (SSSR count). The lowest BCUT2D eigenvalue weighted by Gasteiger charge is -2.25. The Morgan fingerprint density at radius 3 is 1.60 bits per heavy atom. The highest BCUT2D eigenvalue weighted by atomic mass is 16.5. The van der Waals surface area contributed by atoms with E-state index in [-0.39, 0.29) is 31.8 Å². The molecule has 8 aromatic carbocycles. The maximum absolute atomic E-state index is 13.6. The van der Waals surface area contributed by atoms with Gasteiger partial charge in [-0.2, -0.15) is 0 Å². The minimum absolute atomic E-state index is 0.00655. The number of carbonyl (C=O) groups is 7. The molecule has 5 amide bonds. The van der Waals surface area contributed by atoms with Gasteiger partial charge in [-0.05, 0) is 185 Å². The first-order chi connectivity index (χ1) is 53.2. The van der Waals surface area contributed by atoms with Gasteiger partial charge in [-0.3, -0.25) is 54.4 Å². The normalized spacial score (nSPS) is 20.1. The van der Waals surface area contributed by atoms with E-state index >= 15 is 0 Å². The summed E-state index contributed by atoms with van der Waals surface area (Å²) in [7, 11) is 5.32. The molecule has 4 aliphatic rings. The lowest BCUT2D eigenvalue weighted by atomic mass is 9.91. The summed E-state index contributed by atoms with van der Waals surface area (Å²) in [6.07, 6.45) is 4.09. The lowest BCUT2D eigenvalue weighted by Crippen LogP contribution is -2.47. The molecule has 0 unspecified atom stereocenters. The zero-order chi connectivity index (χ0) is 77.7. The van der Waals surface area contributed by atoms with Crippen molar-refractivity contribution in [1.29, 1.82) is 0 Å². The SMILES string of the molecule is CCOC(=O)[C@@]1(Cc2ccc(Oc3ccc4ccccc4c3)cc2)C[C@@H]1C(=O)NO.CCc1cc(COc2ccc(C[C@]3(C(=O)N4CC[C@H](N(C)C)C4)C[C@@H]3C(=O)NO)cc2)c2ccccc2n1.COC(=O)[C@H](Cc1ccccc1)NC(=O)[C@@]1(Cc2ccc(OCc3cc(C)nc4ccccc34)cc2)C[C@@H]1C(=O)NO. The third-order valence-corrected chi connectivity index (χ3v) is 21.5. The summed E-state index contributed by atoms with van der Waals surface area (Å²) in [6.45, 7) is 8.17. The molecule has 3 aliphatic carbocycles. The van der Waals surface area contributed by atoms with Crippen molar-refractivity contribution in [2.45, 2.75) is 104 Å². The molecular formula is C87H92N8O15. The molecule has 3 saturated carbocycles. The first kappa shape index (κ1) is 78.0. The maximum atomic E-state index is 13.6. The standard InChI is InChI=1S/C33H33N3O6.C30H36N4O4.C24H23NO5/c1-21-16-24(26-10-6-7-11-28(26)34-21)20-42-25-14-12-23(13-15-25)18-33(19-27(33)30(37)36-40)32(39)35-29(31(38)41-2)17-22-8-4-3-5-9-22;1-4-22-15-21(25-7-5-6-8-27(25)31-22)19-38-24-11-9-20(10-12-24)16-30(17-26(30)28(35)32-37)29(36)34-14-13-23(18-34)33(2)3;1-2-29-23(27)24(15-21(24)22(26)25-28)14-16-7-10-19(11-8-16)30-20-12-9-17-5-3-4-6-18(17)13-20/h3-16,27,29,40H,17-20H2,1-2H3,(H,35,39)(H,36,37);5-12,15,23,26,37H,4,13-14,16-19H2,1-3H3,(H,32,35);3-13,21,28H,2,14-15H2,1H3,(H,25,26)/t27-,29+,33+;23-,26+,30-;21-,24+/m101/s1. The monoisotopic (exact) mass is 1490 g/mol. The summed E-state index contributed by atoms with van der Waals surface area (Å²) in [6, 6.07) is 65.4. The number of amides is 5. The number of nitrogens with zero attached hydrogens (tertiary/aromatic N) is 4. The highest BCUT2D eigenvalue weighted by Crippen LogP contribution is 2.58. The molecule has 3 heterocycles. The highest BCUT2D eigenvalue weighted by Gasteiger charge is 2.66. The molecular weight excluding hydrogens is 1400 g/mol. The number of carbonyl (C=O) groups excluding carboxylic acids is 7. The third kappa shape index (κ3) is 18.0. The van der Waals surface area contributed by atoms with Crippen molar-refractivity contribution in [1.82, 2.24) is 41.5 Å². The smallest absolute Gasteiger partial charge is 0.328 e. The Morgan fingerprint density at radius 2 is 1.04 bits per heavy atom. The number of methoxy groups -OCH3 is 1. The van der Waals surface area contributed by atoms with Crippen molar-refractivity contribution in [2.75, 3.05) is 40.9 Å². The fraction of sp³-hybridized carbons (Fsp3) is 0.322. The number of esters is 2. The summed E-state index contributed by atoms with van der Waals surface area (Å²) in [5, 5.41) is 34.6. The van der Waals surface area contributed by atoms with Crippen LogP contribution in [0.3, 0.4) is 0 Å². The van der Waals surface area contributed by atoms with Gasteiger partial charge in [-0.15, -0.1) is 0 Å². The number of hydrogen-bond donors (Lipinski definition) is 7. The van der Waals surface area contributed by atoms with Crippen molar-refractivity contribution in [3.05, 3.63) is 251 Å². The van der Waals surface area contributed by atoms with Crippen molar-refractivity contribution in [3.63, 3.8) is 0 Å². The fourth-order valence-corrected chi connectivity index (χ4v) is 15.1. The Labute approximate surface area is 638 Å². The number of nitrogens with one attached hydrogen (secondary N) is 4. The fourth-order valence-electron chi connectivity index (χ4n) is 15.1. The molecule has 1 saturated heterocycles. The molecule has 0 radical (unpaired) electrons. The van der Waals surface area contributed by atoms with Crippen LogP contribution in [-0.4, -0.2) is 130 Å². The number of aryl methyl sites for hydroxylation is 2. The van der Waals surface area contributed by atoms with Gasteiger partial charge in [0, 0.05) is 58.8 Å². The zero-order valence-electron chi connectivity index (χ0n) is 62.4. The number of hydrogen-bond acceptors (Lipinski definition) is 18. The van der Waals surface area contributed by atoms with Gasteiger partial charge in [-0.1, -0.05) is 140 Å². The van der Waals surface area contributed by atoms with Crippen LogP contribution in [-0.2, 0) is 88.4 Å². The minimum atomic E-state index is -1.12. The predicted octanol–water partition coefficient (Wildman–Crippen LogP) is 11.9. The molecule has 570 valence electrons. The van der Waals surface area contributed by atoms with Crippen LogP contribution in [0.1, 0.15) is 84.3 Å². The van der Waals surface area contributed by atoms with Gasteiger partial charge in [0.05, 0.1) is 58.7 Å². The number of ether oxygens (including phenoxy) is 5. The summed E-state index contributed by atoms with van der Waals surface area (Å²) >= 11 is 0. The molecule has 110 heavy (non-hydrogen) atoms. The molecule has 8 atom stereocenters. The number of likely N-dealkylation sites (N-methyl/N-ethyl adjacent to an activating group) is 1. The number of rotatable bonds is 27. The average molecular weight is 1490 g/mol. The Balaban J connectivity index is 0.000000156. The predicted molar refractivity (Wildman–Crippen MR) is 412 cm³/mol. The van der Waals surface area contributed by atoms with E-state index in [2.05, 4.69) is 40.3 Å². The Bertz CT molecular complexity index is 4970. The van der Waals surface area contributed by atoms with Crippen molar-refractivity contribution in [3.8, 4) is 23.0 Å². The minimum Gasteiger partial charge on any atom is -0.489 e. The molecule has 1 aliphatic heterocycles. The number of benzene rings is 8. The van der Waals surface area contributed by atoms with Crippen LogP contribution in [0.25, 0.3) is 32.6 Å². The second kappa shape index (κ2) is 34.7. The topological polar surface area (TPSA) is 307 Å². The molecule has 2 aromatic heterocycles. The van der Waals surface area contributed by atoms with E-state index in [4.69, 9.17) is 33.9 Å². The van der Waals surface area contributed by atoms with E-state index in [1.807, 2.05) is 214 Å². The van der Waals surface area contributed by atoms with Crippen molar-refractivity contribution < 1.29 is 72.9 Å². The molecule has 7 N–H and O–H groups in total. The van der Waals surface area contributed by atoms with E-state index in [0.717, 1.165) is 102 Å². The number of fused-ring (bicyclic) bond motifs is 3. The second-order valence-electron chi connectivity index (χ2n) is 29.0. The van der Waals surface area contributed by atoms with Crippen LogP contribution in [0, 0.1) is 40.9 Å². The van der Waals surface area contributed by atoms with E-state index in [1.165, 1.54) is 7.11 Å². The van der Waals surface area contributed by atoms with Crippen LogP contribution in [0.5, 0.6) is 23.0 Å². The van der Waals surface area contributed by atoms with Gasteiger partial charge in [-0.25, -0.2) is 21.2 Å². The largest absolute Gasteiger partial charge is 0.489 e. The number of likely N-dealkylation sites (tertiary alicyclic amines) is 1. The van der Waals surface area contributed by atoms with E-state index in [1.54, 1.807) is 23.4 Å². The quantitative estimate of drug-likeness (QED) is 0.0143. The summed E-state index contributed by atoms with van der Waals surface area (Å²) in [5.74, 6) is -2.14. The van der Waals surface area contributed by atoms with Crippen molar-refractivity contribution in [2.24, 2.45) is 34.0 Å². The van der Waals surface area contributed by atoms with Crippen molar-refractivity contribution >= 4 is 74.1 Å². The van der Waals surface area contributed by atoms with E-state index in [0.29, 0.717) is 69.5 Å². The van der Waals surface area contributed by atoms with Gasteiger partial charge in [0.15, 0.2) is 0 Å². The molecule has 0 bridgehead atoms. The van der Waals surface area contributed by atoms with Gasteiger partial charge in [0.25, 0.3) is 0 Å². The van der Waals surface area contributed by atoms with Gasteiger partial charge in [0.2, 0.25) is 29.5 Å². The summed E-state index contributed by atoms with van der Waals surface area (Å²) < 4.78 is 28.3. The van der Waals surface area contributed by atoms with E-state index < -0.39 is 75.6 Å². The second-order valence-corrected chi connectivity index (χ2v) is 29.0. The number of hydroxylamine groups is 3. The Kier molecular flexibility index (Phi) is 24.6. The average Bonchev–Trinajstić information content (AvgIpc) is 1.58. The van der Waals surface area contributed by atoms with Crippen LogP contribution >= 0.6 is 0 Å². The highest BCUT2D eigenvalue weighted by molar-refractivity contribution is 5.98. The van der Waals surface area contributed by atoms with Gasteiger partial charge in [0.1, 0.15) is 42.3 Å². The zero-order valence-corrected chi connectivity index (χ0v) is 62.4. The van der Waals surface area contributed by atoms with Gasteiger partial charge >= 0.3 is 11.9 Å². The van der Waals surface area contributed by atoms with E-state index in [9.17, 15) is 44.0 Å².